The van der Waals surface area contributed by atoms with Gasteiger partial charge in [0, 0.05) is 5.56 Å². The van der Waals surface area contributed by atoms with Crippen molar-refractivity contribution < 1.29 is 13.6 Å². The highest BCUT2D eigenvalue weighted by Gasteiger charge is 2.24. The predicted molar refractivity (Wildman–Crippen MR) is 88.3 cm³/mol. The summed E-state index contributed by atoms with van der Waals surface area (Å²) in [6, 6.07) is 11.3. The Labute approximate surface area is 136 Å². The Kier molecular flexibility index (Phi) is 4.25. The van der Waals surface area contributed by atoms with Crippen molar-refractivity contribution in [2.75, 3.05) is 0 Å². The number of para-hydroxylation sites is 1. The summed E-state index contributed by atoms with van der Waals surface area (Å²) in [4.78, 5) is 16.6. The van der Waals surface area contributed by atoms with E-state index in [0.717, 1.165) is 29.1 Å². The molecule has 23 heavy (non-hydrogen) atoms. The molecular weight excluding hydrogens is 318 g/mol. The largest absolute Gasteiger partial charge is 0.300 e. The molecule has 3 nitrogen and oxygen atoms in total. The van der Waals surface area contributed by atoms with E-state index >= 15 is 0 Å². The number of amides is 1. The maximum absolute atomic E-state index is 13.7. The van der Waals surface area contributed by atoms with Crippen LogP contribution in [0, 0.1) is 18.6 Å². The van der Waals surface area contributed by atoms with E-state index in [1.165, 1.54) is 18.2 Å². The van der Waals surface area contributed by atoms with Crippen molar-refractivity contribution in [1.82, 2.24) is 5.32 Å². The van der Waals surface area contributed by atoms with E-state index in [1.807, 2.05) is 31.2 Å². The standard InChI is InChI=1S/C17H12F2N2OS/c1-10-5-2-3-8-13(10)20-17-21-16(22)14(23-17)9-11-6-4-7-12(18)15(11)19/h2-9H,1H3,(H,20,21,22). The summed E-state index contributed by atoms with van der Waals surface area (Å²) < 4.78 is 26.9. The number of thioether (sulfide) groups is 1. The van der Waals surface area contributed by atoms with Crippen molar-refractivity contribution in [1.29, 1.82) is 0 Å². The van der Waals surface area contributed by atoms with Crippen LogP contribution in [0.25, 0.3) is 6.08 Å². The molecule has 1 aliphatic rings. The number of rotatable bonds is 2. The zero-order valence-electron chi connectivity index (χ0n) is 12.1. The number of nitrogens with zero attached hydrogens (tertiary/aromatic N) is 1. The summed E-state index contributed by atoms with van der Waals surface area (Å²) in [6.45, 7) is 1.92. The summed E-state index contributed by atoms with van der Waals surface area (Å²) in [5.41, 5.74) is 1.75. The molecule has 1 aliphatic heterocycles. The lowest BCUT2D eigenvalue weighted by Crippen LogP contribution is -2.19. The van der Waals surface area contributed by atoms with Crippen molar-refractivity contribution in [3.8, 4) is 0 Å². The predicted octanol–water partition coefficient (Wildman–Crippen LogP) is 4.16. The maximum Gasteiger partial charge on any atom is 0.264 e. The molecule has 3 rings (SSSR count). The van der Waals surface area contributed by atoms with E-state index in [1.54, 1.807) is 0 Å². The minimum absolute atomic E-state index is 0.0276. The number of hydrogen-bond acceptors (Lipinski definition) is 3. The van der Waals surface area contributed by atoms with Gasteiger partial charge >= 0.3 is 0 Å². The first kappa shape index (κ1) is 15.4. The monoisotopic (exact) mass is 330 g/mol. The van der Waals surface area contributed by atoms with Gasteiger partial charge in [-0.25, -0.2) is 13.8 Å². The first-order chi connectivity index (χ1) is 11.0. The van der Waals surface area contributed by atoms with Gasteiger partial charge in [-0.2, -0.15) is 0 Å². The van der Waals surface area contributed by atoms with Crippen LogP contribution in [0.1, 0.15) is 11.1 Å². The molecule has 1 saturated heterocycles. The highest BCUT2D eigenvalue weighted by molar-refractivity contribution is 8.18. The fourth-order valence-electron chi connectivity index (χ4n) is 2.05. The fraction of sp³-hybridized carbons (Fsp3) is 0.0588. The van der Waals surface area contributed by atoms with Gasteiger partial charge < -0.3 is 5.32 Å². The number of carbonyl (C=O) groups is 1. The van der Waals surface area contributed by atoms with Crippen molar-refractivity contribution in [2.24, 2.45) is 4.99 Å². The Morgan fingerprint density at radius 1 is 1.13 bits per heavy atom. The van der Waals surface area contributed by atoms with Crippen LogP contribution in [-0.2, 0) is 4.79 Å². The fourth-order valence-corrected chi connectivity index (χ4v) is 2.88. The third kappa shape index (κ3) is 3.32. The van der Waals surface area contributed by atoms with Crippen LogP contribution in [-0.4, -0.2) is 11.1 Å². The molecule has 1 N–H and O–H groups in total. The zero-order chi connectivity index (χ0) is 16.4. The van der Waals surface area contributed by atoms with E-state index in [0.29, 0.717) is 5.17 Å². The van der Waals surface area contributed by atoms with Crippen LogP contribution in [0.15, 0.2) is 52.4 Å². The normalized spacial score (nSPS) is 17.8. The van der Waals surface area contributed by atoms with Crippen LogP contribution in [0.3, 0.4) is 0 Å². The lowest BCUT2D eigenvalue weighted by atomic mass is 10.2. The number of benzene rings is 2. The average Bonchev–Trinajstić information content (AvgIpc) is 2.86. The Hall–Kier alpha value is -2.47. The van der Waals surface area contributed by atoms with Gasteiger partial charge in [0.25, 0.3) is 5.91 Å². The van der Waals surface area contributed by atoms with Gasteiger partial charge in [-0.15, -0.1) is 0 Å². The molecule has 2 aromatic rings. The molecular formula is C17H12F2N2OS. The van der Waals surface area contributed by atoms with E-state index in [4.69, 9.17) is 0 Å². The zero-order valence-corrected chi connectivity index (χ0v) is 13.0. The average molecular weight is 330 g/mol. The third-order valence-electron chi connectivity index (χ3n) is 3.26. The van der Waals surface area contributed by atoms with Gasteiger partial charge in [0.1, 0.15) is 0 Å². The molecule has 0 spiro atoms. The second kappa shape index (κ2) is 6.34. The molecule has 1 heterocycles. The molecule has 0 radical (unpaired) electrons. The Morgan fingerprint density at radius 3 is 2.70 bits per heavy atom. The molecule has 2 aromatic carbocycles. The lowest BCUT2D eigenvalue weighted by molar-refractivity contribution is -0.115. The molecule has 116 valence electrons. The van der Waals surface area contributed by atoms with Gasteiger partial charge in [0.15, 0.2) is 16.8 Å². The molecule has 0 unspecified atom stereocenters. The molecule has 0 atom stereocenters. The molecule has 0 bridgehead atoms. The summed E-state index contributed by atoms with van der Waals surface area (Å²) >= 11 is 1.09. The van der Waals surface area contributed by atoms with E-state index < -0.39 is 11.6 Å². The molecule has 1 amide bonds. The van der Waals surface area contributed by atoms with Gasteiger partial charge in [-0.1, -0.05) is 30.3 Å². The smallest absolute Gasteiger partial charge is 0.264 e. The Bertz CT molecular complexity index is 846. The van der Waals surface area contributed by atoms with Crippen molar-refractivity contribution in [2.45, 2.75) is 6.92 Å². The van der Waals surface area contributed by atoms with Crippen LogP contribution >= 0.6 is 11.8 Å². The van der Waals surface area contributed by atoms with Crippen molar-refractivity contribution >= 4 is 34.6 Å². The highest BCUT2D eigenvalue weighted by atomic mass is 32.2. The summed E-state index contributed by atoms with van der Waals surface area (Å²) in [5, 5.41) is 3.03. The van der Waals surface area contributed by atoms with Gasteiger partial charge in [-0.3, -0.25) is 4.79 Å². The molecule has 0 aromatic heterocycles. The van der Waals surface area contributed by atoms with Gasteiger partial charge in [0.05, 0.1) is 10.6 Å². The number of amidine groups is 1. The van der Waals surface area contributed by atoms with Gasteiger partial charge in [-0.05, 0) is 42.5 Å². The first-order valence-corrected chi connectivity index (χ1v) is 7.65. The Balaban J connectivity index is 1.90. The molecule has 6 heteroatoms. The third-order valence-corrected chi connectivity index (χ3v) is 4.17. The number of carbonyl (C=O) groups excluding carboxylic acids is 1. The summed E-state index contributed by atoms with van der Waals surface area (Å²) in [5.74, 6) is -2.31. The van der Waals surface area contributed by atoms with E-state index in [9.17, 15) is 13.6 Å². The van der Waals surface area contributed by atoms with Crippen LogP contribution in [0.5, 0.6) is 0 Å². The second-order valence-electron chi connectivity index (χ2n) is 4.91. The topological polar surface area (TPSA) is 41.5 Å². The number of aliphatic imine (C=N–C) groups is 1. The first-order valence-electron chi connectivity index (χ1n) is 6.84. The molecule has 0 aliphatic carbocycles. The summed E-state index contributed by atoms with van der Waals surface area (Å²) in [7, 11) is 0. The number of hydrogen-bond donors (Lipinski definition) is 1. The van der Waals surface area contributed by atoms with Gasteiger partial charge in [0.2, 0.25) is 0 Å². The number of nitrogens with one attached hydrogen (secondary N) is 1. The maximum atomic E-state index is 13.7. The molecule has 1 fully saturated rings. The lowest BCUT2D eigenvalue weighted by Gasteiger charge is -2.00. The number of aryl methyl sites for hydroxylation is 1. The second-order valence-corrected chi connectivity index (χ2v) is 5.94. The van der Waals surface area contributed by atoms with E-state index in [-0.39, 0.29) is 16.4 Å². The minimum atomic E-state index is -0.974. The van der Waals surface area contributed by atoms with E-state index in [2.05, 4.69) is 10.3 Å². The Morgan fingerprint density at radius 2 is 1.91 bits per heavy atom. The molecule has 0 saturated carbocycles. The van der Waals surface area contributed by atoms with Crippen molar-refractivity contribution in [3.05, 3.63) is 70.1 Å². The minimum Gasteiger partial charge on any atom is -0.300 e. The number of halogens is 2. The van der Waals surface area contributed by atoms with Crippen LogP contribution in [0.4, 0.5) is 14.5 Å². The quantitative estimate of drug-likeness (QED) is 0.840. The SMILES string of the molecule is Cc1ccccc1N=C1NC(=O)C(=Cc2cccc(F)c2F)S1. The van der Waals surface area contributed by atoms with Crippen LogP contribution in [0.2, 0.25) is 0 Å². The highest BCUT2D eigenvalue weighted by Crippen LogP contribution is 2.29. The summed E-state index contributed by atoms with van der Waals surface area (Å²) in [6.07, 6.45) is 1.32. The van der Waals surface area contributed by atoms with Crippen LogP contribution < -0.4 is 5.32 Å². The van der Waals surface area contributed by atoms with Crippen molar-refractivity contribution in [3.63, 3.8) is 0 Å².